The lowest BCUT2D eigenvalue weighted by atomic mass is 9.91. The Morgan fingerprint density at radius 3 is 2.89 bits per heavy atom. The summed E-state index contributed by atoms with van der Waals surface area (Å²) in [7, 11) is 0. The number of H-pyrrole nitrogens is 1. The van der Waals surface area contributed by atoms with Gasteiger partial charge in [-0.1, -0.05) is 38.0 Å². The maximum Gasteiger partial charge on any atom is 0.256 e. The van der Waals surface area contributed by atoms with Gasteiger partial charge in [-0.2, -0.15) is 0 Å². The van der Waals surface area contributed by atoms with E-state index in [1.165, 1.54) is 18.4 Å². The van der Waals surface area contributed by atoms with E-state index in [1.54, 1.807) is 0 Å². The Morgan fingerprint density at radius 2 is 2.11 bits per heavy atom. The van der Waals surface area contributed by atoms with Crippen molar-refractivity contribution in [3.63, 3.8) is 0 Å². The van der Waals surface area contributed by atoms with Gasteiger partial charge in [0.25, 0.3) is 5.56 Å². The molecular weight excluding hydrogens is 238 g/mol. The minimum atomic E-state index is 0.0257. The van der Waals surface area contributed by atoms with E-state index in [0.717, 1.165) is 29.5 Å². The Balaban J connectivity index is 2.15. The lowest BCUT2D eigenvalue weighted by molar-refractivity contribution is 0.0872. The molecule has 0 aliphatic carbocycles. The van der Waals surface area contributed by atoms with Crippen molar-refractivity contribution >= 4 is 10.8 Å². The highest BCUT2D eigenvalue weighted by molar-refractivity contribution is 5.85. The van der Waals surface area contributed by atoms with Crippen molar-refractivity contribution in [2.75, 3.05) is 6.61 Å². The van der Waals surface area contributed by atoms with Crippen LogP contribution in [0.25, 0.3) is 10.8 Å². The molecule has 0 amide bonds. The number of pyridine rings is 1. The summed E-state index contributed by atoms with van der Waals surface area (Å²) < 4.78 is 5.73. The van der Waals surface area contributed by atoms with Gasteiger partial charge in [0.05, 0.1) is 13.2 Å². The maximum absolute atomic E-state index is 12.2. The van der Waals surface area contributed by atoms with Crippen LogP contribution in [-0.4, -0.2) is 11.6 Å². The fraction of sp³-hybridized carbons (Fsp3) is 0.438. The summed E-state index contributed by atoms with van der Waals surface area (Å²) in [5.41, 5.74) is 2.30. The molecule has 2 aromatic rings. The van der Waals surface area contributed by atoms with Crippen molar-refractivity contribution in [2.45, 2.75) is 38.7 Å². The third-order valence-electron chi connectivity index (χ3n) is 3.95. The second kappa shape index (κ2) is 5.17. The molecule has 1 aliphatic rings. The topological polar surface area (TPSA) is 42.1 Å². The molecule has 0 radical (unpaired) electrons. The molecule has 1 aliphatic heterocycles. The minimum Gasteiger partial charge on any atom is -0.376 e. The summed E-state index contributed by atoms with van der Waals surface area (Å²) >= 11 is 0. The van der Waals surface area contributed by atoms with Crippen molar-refractivity contribution < 1.29 is 4.74 Å². The lowest BCUT2D eigenvalue weighted by Gasteiger charge is -2.26. The third-order valence-corrected chi connectivity index (χ3v) is 3.95. The summed E-state index contributed by atoms with van der Waals surface area (Å²) in [6.07, 6.45) is 3.42. The number of rotatable bonds is 3. The van der Waals surface area contributed by atoms with Gasteiger partial charge in [0.15, 0.2) is 0 Å². The van der Waals surface area contributed by atoms with Crippen molar-refractivity contribution in [3.8, 4) is 0 Å². The molecule has 1 aromatic heterocycles. The maximum atomic E-state index is 12.2. The second-order valence-corrected chi connectivity index (χ2v) is 5.25. The molecule has 0 saturated carbocycles. The molecule has 100 valence electrons. The first-order chi connectivity index (χ1) is 9.31. The molecule has 3 heteroatoms. The van der Waals surface area contributed by atoms with E-state index in [0.29, 0.717) is 12.5 Å². The molecule has 0 saturated heterocycles. The molecule has 1 aromatic carbocycles. The second-order valence-electron chi connectivity index (χ2n) is 5.25. The highest BCUT2D eigenvalue weighted by Crippen LogP contribution is 2.31. The molecule has 1 atom stereocenters. The molecule has 0 bridgehead atoms. The molecule has 1 unspecified atom stereocenters. The third kappa shape index (κ3) is 2.19. The van der Waals surface area contributed by atoms with E-state index in [2.05, 4.69) is 11.9 Å². The highest BCUT2D eigenvalue weighted by atomic mass is 16.5. The van der Waals surface area contributed by atoms with E-state index in [9.17, 15) is 4.79 Å². The number of aromatic amines is 1. The van der Waals surface area contributed by atoms with Gasteiger partial charge in [0, 0.05) is 22.6 Å². The quantitative estimate of drug-likeness (QED) is 0.916. The number of hydrogen-bond donors (Lipinski definition) is 1. The summed E-state index contributed by atoms with van der Waals surface area (Å²) in [5, 5.41) is 1.81. The average Bonchev–Trinajstić information content (AvgIpc) is 2.46. The molecule has 0 spiro atoms. The van der Waals surface area contributed by atoms with Crippen molar-refractivity contribution in [3.05, 3.63) is 45.9 Å². The summed E-state index contributed by atoms with van der Waals surface area (Å²) in [6, 6.07) is 7.79. The Morgan fingerprint density at radius 1 is 1.32 bits per heavy atom. The Hall–Kier alpha value is -1.61. The SMILES string of the molecule is CCCCC1COCc2c1[nH]c(=O)c1ccccc21. The van der Waals surface area contributed by atoms with E-state index in [-0.39, 0.29) is 5.56 Å². The van der Waals surface area contributed by atoms with Gasteiger partial charge in [-0.05, 0) is 17.9 Å². The number of fused-ring (bicyclic) bond motifs is 3. The molecule has 19 heavy (non-hydrogen) atoms. The first-order valence-electron chi connectivity index (χ1n) is 7.02. The molecular formula is C16H19NO2. The van der Waals surface area contributed by atoms with Crippen molar-refractivity contribution in [1.82, 2.24) is 4.98 Å². The zero-order chi connectivity index (χ0) is 13.2. The van der Waals surface area contributed by atoms with Crippen molar-refractivity contribution in [2.24, 2.45) is 0 Å². The van der Waals surface area contributed by atoms with Crippen LogP contribution in [0.3, 0.4) is 0 Å². The van der Waals surface area contributed by atoms with Crippen LogP contribution < -0.4 is 5.56 Å². The zero-order valence-electron chi connectivity index (χ0n) is 11.2. The normalized spacial score (nSPS) is 18.5. The van der Waals surface area contributed by atoms with Gasteiger partial charge in [-0.15, -0.1) is 0 Å². The summed E-state index contributed by atoms with van der Waals surface area (Å²) in [6.45, 7) is 3.52. The standard InChI is InChI=1S/C16H19NO2/c1-2-3-6-11-9-19-10-14-12-7-4-5-8-13(12)16(18)17-15(11)14/h4-5,7-8,11H,2-3,6,9-10H2,1H3,(H,17,18). The van der Waals surface area contributed by atoms with Crippen LogP contribution >= 0.6 is 0 Å². The first-order valence-corrected chi connectivity index (χ1v) is 7.02. The fourth-order valence-electron chi connectivity index (χ4n) is 2.92. The van der Waals surface area contributed by atoms with Gasteiger partial charge < -0.3 is 9.72 Å². The number of nitrogens with one attached hydrogen (secondary N) is 1. The van der Waals surface area contributed by atoms with Crippen LogP contribution in [0, 0.1) is 0 Å². The number of hydrogen-bond acceptors (Lipinski definition) is 2. The number of ether oxygens (including phenoxy) is 1. The predicted octanol–water partition coefficient (Wildman–Crippen LogP) is 3.33. The first kappa shape index (κ1) is 12.4. The molecule has 2 heterocycles. The zero-order valence-corrected chi connectivity index (χ0v) is 11.2. The van der Waals surface area contributed by atoms with Crippen LogP contribution in [0.2, 0.25) is 0 Å². The van der Waals surface area contributed by atoms with Crippen LogP contribution in [0.15, 0.2) is 29.1 Å². The van der Waals surface area contributed by atoms with Crippen LogP contribution in [0.4, 0.5) is 0 Å². The van der Waals surface area contributed by atoms with Crippen LogP contribution in [0.5, 0.6) is 0 Å². The predicted molar refractivity (Wildman–Crippen MR) is 76.5 cm³/mol. The van der Waals surface area contributed by atoms with E-state index in [4.69, 9.17) is 4.74 Å². The monoisotopic (exact) mass is 257 g/mol. The number of benzene rings is 1. The van der Waals surface area contributed by atoms with Gasteiger partial charge >= 0.3 is 0 Å². The Bertz CT molecular complexity index is 645. The molecule has 1 N–H and O–H groups in total. The Kier molecular flexibility index (Phi) is 3.38. The van der Waals surface area contributed by atoms with Crippen LogP contribution in [0.1, 0.15) is 43.4 Å². The van der Waals surface area contributed by atoms with E-state index >= 15 is 0 Å². The van der Waals surface area contributed by atoms with Gasteiger partial charge in [-0.25, -0.2) is 0 Å². The Labute approximate surface area is 112 Å². The number of aromatic nitrogens is 1. The largest absolute Gasteiger partial charge is 0.376 e. The average molecular weight is 257 g/mol. The molecule has 3 nitrogen and oxygen atoms in total. The number of unbranched alkanes of at least 4 members (excludes halogenated alkanes) is 1. The minimum absolute atomic E-state index is 0.0257. The van der Waals surface area contributed by atoms with Gasteiger partial charge in [-0.3, -0.25) is 4.79 Å². The smallest absolute Gasteiger partial charge is 0.256 e. The highest BCUT2D eigenvalue weighted by Gasteiger charge is 2.23. The summed E-state index contributed by atoms with van der Waals surface area (Å²) in [5.74, 6) is 0.334. The molecule has 0 fully saturated rings. The van der Waals surface area contributed by atoms with Gasteiger partial charge in [0.2, 0.25) is 0 Å². The molecule has 3 rings (SSSR count). The lowest BCUT2D eigenvalue weighted by Crippen LogP contribution is -2.23. The van der Waals surface area contributed by atoms with Crippen LogP contribution in [-0.2, 0) is 11.3 Å². The van der Waals surface area contributed by atoms with E-state index in [1.807, 2.05) is 24.3 Å². The summed E-state index contributed by atoms with van der Waals surface area (Å²) in [4.78, 5) is 15.3. The van der Waals surface area contributed by atoms with E-state index < -0.39 is 0 Å². The van der Waals surface area contributed by atoms with Gasteiger partial charge in [0.1, 0.15) is 0 Å². The fourth-order valence-corrected chi connectivity index (χ4v) is 2.92. The van der Waals surface area contributed by atoms with Crippen molar-refractivity contribution in [1.29, 1.82) is 0 Å².